The van der Waals surface area contributed by atoms with Crippen LogP contribution in [0.3, 0.4) is 0 Å². The van der Waals surface area contributed by atoms with Crippen molar-refractivity contribution < 1.29 is 19.2 Å². The molecule has 2 aromatic rings. The fourth-order valence-electron chi connectivity index (χ4n) is 1.99. The average Bonchev–Trinajstić information content (AvgIpc) is 2.58. The number of hydrogen-bond donors (Lipinski definition) is 2. The lowest BCUT2D eigenvalue weighted by molar-refractivity contribution is -0.384. The van der Waals surface area contributed by atoms with Gasteiger partial charge in [0.05, 0.1) is 10.6 Å². The minimum Gasteiger partial charge on any atom is -0.507 e. The number of hydrogen-bond acceptors (Lipinski definition) is 5. The molecular formula is C16H14FN3O4. The maximum atomic E-state index is 13.3. The van der Waals surface area contributed by atoms with E-state index in [1.165, 1.54) is 30.3 Å². The molecule has 2 N–H and O–H groups in total. The van der Waals surface area contributed by atoms with Gasteiger partial charge in [0, 0.05) is 23.3 Å². The lowest BCUT2D eigenvalue weighted by atomic mass is 10.1. The number of hydrazone groups is 1. The van der Waals surface area contributed by atoms with E-state index < -0.39 is 16.6 Å². The predicted octanol–water partition coefficient (Wildman–Crippen LogP) is 2.98. The van der Waals surface area contributed by atoms with Crippen LogP contribution in [-0.4, -0.2) is 21.6 Å². The zero-order chi connectivity index (χ0) is 17.7. The minimum atomic E-state index is -0.577. The van der Waals surface area contributed by atoms with Gasteiger partial charge in [-0.1, -0.05) is 6.92 Å². The lowest BCUT2D eigenvalue weighted by Gasteiger charge is -2.07. The summed E-state index contributed by atoms with van der Waals surface area (Å²) in [7, 11) is 0. The molecule has 0 aliphatic heterocycles. The number of phenols is 1. The first kappa shape index (κ1) is 17.1. The molecule has 0 atom stereocenters. The van der Waals surface area contributed by atoms with Crippen LogP contribution in [0, 0.1) is 15.9 Å². The molecule has 1 amide bonds. The average molecular weight is 331 g/mol. The molecule has 0 saturated carbocycles. The van der Waals surface area contributed by atoms with Crippen LogP contribution >= 0.6 is 0 Å². The Morgan fingerprint density at radius 2 is 1.96 bits per heavy atom. The van der Waals surface area contributed by atoms with Gasteiger partial charge in [0.2, 0.25) is 0 Å². The number of nitro groups is 1. The van der Waals surface area contributed by atoms with E-state index in [-0.39, 0.29) is 22.6 Å². The number of carbonyl (C=O) groups is 1. The topological polar surface area (TPSA) is 105 Å². The number of nitrogens with zero attached hydrogens (tertiary/aromatic N) is 2. The highest BCUT2D eigenvalue weighted by atomic mass is 19.1. The SMILES string of the molecule is CCC(=NNC(=O)c1ccc([N+](=O)[O-])cc1)c1cc(F)ccc1O. The van der Waals surface area contributed by atoms with Gasteiger partial charge in [-0.3, -0.25) is 14.9 Å². The number of aromatic hydroxyl groups is 1. The van der Waals surface area contributed by atoms with Crippen molar-refractivity contribution >= 4 is 17.3 Å². The fraction of sp³-hybridized carbons (Fsp3) is 0.125. The zero-order valence-electron chi connectivity index (χ0n) is 12.7. The van der Waals surface area contributed by atoms with E-state index in [2.05, 4.69) is 10.5 Å². The Labute approximate surface area is 136 Å². The van der Waals surface area contributed by atoms with Crippen LogP contribution in [0.4, 0.5) is 10.1 Å². The van der Waals surface area contributed by atoms with Gasteiger partial charge < -0.3 is 5.11 Å². The Kier molecular flexibility index (Phi) is 5.20. The van der Waals surface area contributed by atoms with Gasteiger partial charge in [0.15, 0.2) is 0 Å². The molecule has 2 rings (SSSR count). The standard InChI is InChI=1S/C16H14FN3O4/c1-2-14(13-9-11(17)5-8-15(13)21)18-19-16(22)10-3-6-12(7-4-10)20(23)24/h3-9,21H,2H2,1H3,(H,19,22). The number of nitro benzene ring substituents is 1. The van der Waals surface area contributed by atoms with Gasteiger partial charge in [-0.05, 0) is 36.8 Å². The van der Waals surface area contributed by atoms with Crippen LogP contribution in [-0.2, 0) is 0 Å². The molecule has 0 bridgehead atoms. The summed E-state index contributed by atoms with van der Waals surface area (Å²) in [6.45, 7) is 1.74. The van der Waals surface area contributed by atoms with Crippen molar-refractivity contribution in [3.63, 3.8) is 0 Å². The molecule has 0 unspecified atom stereocenters. The van der Waals surface area contributed by atoms with Crippen molar-refractivity contribution in [1.29, 1.82) is 0 Å². The Hall–Kier alpha value is -3.29. The molecule has 0 aromatic heterocycles. The molecule has 0 aliphatic rings. The monoisotopic (exact) mass is 331 g/mol. The minimum absolute atomic E-state index is 0.131. The number of phenolic OH excluding ortho intramolecular Hbond substituents is 1. The van der Waals surface area contributed by atoms with E-state index >= 15 is 0 Å². The molecule has 0 heterocycles. The smallest absolute Gasteiger partial charge is 0.271 e. The number of benzene rings is 2. The lowest BCUT2D eigenvalue weighted by Crippen LogP contribution is -2.20. The van der Waals surface area contributed by atoms with Gasteiger partial charge in [-0.15, -0.1) is 0 Å². The number of rotatable bonds is 5. The van der Waals surface area contributed by atoms with Crippen LogP contribution < -0.4 is 5.43 Å². The van der Waals surface area contributed by atoms with Crippen LogP contribution in [0.1, 0.15) is 29.3 Å². The first-order valence-corrected chi connectivity index (χ1v) is 7.02. The molecular weight excluding hydrogens is 317 g/mol. The molecule has 7 nitrogen and oxygen atoms in total. The Balaban J connectivity index is 2.19. The quantitative estimate of drug-likeness (QED) is 0.499. The molecule has 2 aromatic carbocycles. The second kappa shape index (κ2) is 7.32. The van der Waals surface area contributed by atoms with Crippen molar-refractivity contribution in [1.82, 2.24) is 5.43 Å². The summed E-state index contributed by atoms with van der Waals surface area (Å²) >= 11 is 0. The normalized spacial score (nSPS) is 11.2. The molecule has 0 aliphatic carbocycles. The maximum Gasteiger partial charge on any atom is 0.271 e. The zero-order valence-corrected chi connectivity index (χ0v) is 12.7. The summed E-state index contributed by atoms with van der Waals surface area (Å²) in [5.74, 6) is -1.26. The summed E-state index contributed by atoms with van der Waals surface area (Å²) < 4.78 is 13.3. The largest absolute Gasteiger partial charge is 0.507 e. The molecule has 0 radical (unpaired) electrons. The summed E-state index contributed by atoms with van der Waals surface area (Å²) in [6.07, 6.45) is 0.345. The third kappa shape index (κ3) is 3.92. The maximum absolute atomic E-state index is 13.3. The van der Waals surface area contributed by atoms with E-state index in [0.717, 1.165) is 12.1 Å². The van der Waals surface area contributed by atoms with Gasteiger partial charge in [0.25, 0.3) is 11.6 Å². The highest BCUT2D eigenvalue weighted by molar-refractivity contribution is 6.04. The van der Waals surface area contributed by atoms with Crippen molar-refractivity contribution in [2.45, 2.75) is 13.3 Å². The Bertz CT molecular complexity index is 803. The third-order valence-corrected chi connectivity index (χ3v) is 3.24. The van der Waals surface area contributed by atoms with Crippen LogP contribution in [0.25, 0.3) is 0 Å². The number of amides is 1. The molecule has 0 spiro atoms. The molecule has 124 valence electrons. The van der Waals surface area contributed by atoms with Crippen LogP contribution in [0.15, 0.2) is 47.6 Å². The second-order valence-corrected chi connectivity index (χ2v) is 4.82. The van der Waals surface area contributed by atoms with E-state index in [0.29, 0.717) is 12.1 Å². The first-order chi connectivity index (χ1) is 11.4. The highest BCUT2D eigenvalue weighted by Gasteiger charge is 2.12. The van der Waals surface area contributed by atoms with Crippen LogP contribution in [0.5, 0.6) is 5.75 Å². The highest BCUT2D eigenvalue weighted by Crippen LogP contribution is 2.20. The number of non-ortho nitro benzene ring substituents is 1. The van der Waals surface area contributed by atoms with Crippen molar-refractivity contribution in [2.24, 2.45) is 5.10 Å². The van der Waals surface area contributed by atoms with Gasteiger partial charge in [-0.25, -0.2) is 9.82 Å². The van der Waals surface area contributed by atoms with Crippen molar-refractivity contribution in [3.8, 4) is 5.75 Å². The van der Waals surface area contributed by atoms with Gasteiger partial charge in [0.1, 0.15) is 11.6 Å². The molecule has 24 heavy (non-hydrogen) atoms. The fourth-order valence-corrected chi connectivity index (χ4v) is 1.99. The summed E-state index contributed by atoms with van der Waals surface area (Å²) in [5, 5.41) is 24.3. The van der Waals surface area contributed by atoms with Crippen LogP contribution in [0.2, 0.25) is 0 Å². The van der Waals surface area contributed by atoms with Gasteiger partial charge >= 0.3 is 0 Å². The number of nitrogens with one attached hydrogen (secondary N) is 1. The van der Waals surface area contributed by atoms with E-state index in [1.807, 2.05) is 0 Å². The summed E-state index contributed by atoms with van der Waals surface area (Å²) in [6, 6.07) is 8.45. The van der Waals surface area contributed by atoms with E-state index in [1.54, 1.807) is 6.92 Å². The number of carbonyl (C=O) groups excluding carboxylic acids is 1. The molecule has 8 heteroatoms. The first-order valence-electron chi connectivity index (χ1n) is 7.02. The Morgan fingerprint density at radius 3 is 2.54 bits per heavy atom. The predicted molar refractivity (Wildman–Crippen MR) is 85.5 cm³/mol. The third-order valence-electron chi connectivity index (χ3n) is 3.24. The summed E-state index contributed by atoms with van der Waals surface area (Å²) in [4.78, 5) is 22.0. The Morgan fingerprint density at radius 1 is 1.29 bits per heavy atom. The van der Waals surface area contributed by atoms with Crippen molar-refractivity contribution in [3.05, 3.63) is 69.5 Å². The second-order valence-electron chi connectivity index (χ2n) is 4.82. The molecule has 0 saturated heterocycles. The van der Waals surface area contributed by atoms with E-state index in [4.69, 9.17) is 0 Å². The molecule has 0 fully saturated rings. The number of halogens is 1. The summed E-state index contributed by atoms with van der Waals surface area (Å²) in [5.41, 5.74) is 2.82. The van der Waals surface area contributed by atoms with Gasteiger partial charge in [-0.2, -0.15) is 5.10 Å². The van der Waals surface area contributed by atoms with Crippen molar-refractivity contribution in [2.75, 3.05) is 0 Å². The van der Waals surface area contributed by atoms with E-state index in [9.17, 15) is 24.4 Å².